The first kappa shape index (κ1) is 19.2. The molecule has 2 aromatic rings. The molecule has 0 bridgehead atoms. The van der Waals surface area contributed by atoms with Gasteiger partial charge in [0.25, 0.3) is 11.5 Å². The number of thiazole rings is 1. The molecule has 1 N–H and O–H groups in total. The first-order valence-electron chi connectivity index (χ1n) is 8.60. The predicted octanol–water partition coefficient (Wildman–Crippen LogP) is 1.77. The zero-order chi connectivity index (χ0) is 20.1. The number of aromatic nitrogens is 3. The van der Waals surface area contributed by atoms with Gasteiger partial charge in [0.1, 0.15) is 9.88 Å². The SMILES string of the molecule is Cc1nc(-c2c(C)c(C)nn(C)c2=O)sc1C(=O)N1CCC(C)(C(=O)O)C1. The van der Waals surface area contributed by atoms with Crippen LogP contribution >= 0.6 is 11.3 Å². The van der Waals surface area contributed by atoms with Gasteiger partial charge in [0, 0.05) is 20.1 Å². The number of nitrogens with zero attached hydrogens (tertiary/aromatic N) is 4. The van der Waals surface area contributed by atoms with Crippen molar-refractivity contribution in [2.45, 2.75) is 34.1 Å². The Morgan fingerprint density at radius 3 is 2.48 bits per heavy atom. The van der Waals surface area contributed by atoms with E-state index in [4.69, 9.17) is 0 Å². The molecule has 144 valence electrons. The molecule has 1 atom stereocenters. The summed E-state index contributed by atoms with van der Waals surface area (Å²) in [6.07, 6.45) is 0.419. The quantitative estimate of drug-likeness (QED) is 0.856. The molecule has 0 aliphatic carbocycles. The Balaban J connectivity index is 1.99. The van der Waals surface area contributed by atoms with Crippen molar-refractivity contribution in [3.8, 4) is 10.6 Å². The molecule has 2 aromatic heterocycles. The summed E-state index contributed by atoms with van der Waals surface area (Å²) in [7, 11) is 1.59. The number of hydrogen-bond acceptors (Lipinski definition) is 6. The standard InChI is InChI=1S/C18H22N4O4S/c1-9-10(2)20-21(5)15(23)12(9)14-19-11(3)13(27-14)16(24)22-7-6-18(4,8-22)17(25)26/h6-8H2,1-5H3,(H,25,26). The Kier molecular flexibility index (Phi) is 4.67. The second kappa shape index (κ2) is 6.56. The number of carbonyl (C=O) groups is 2. The molecule has 1 aliphatic heterocycles. The third kappa shape index (κ3) is 3.16. The van der Waals surface area contributed by atoms with Gasteiger partial charge in [-0.05, 0) is 39.7 Å². The lowest BCUT2D eigenvalue weighted by Crippen LogP contribution is -2.34. The van der Waals surface area contributed by atoms with Crippen molar-refractivity contribution in [3.63, 3.8) is 0 Å². The van der Waals surface area contributed by atoms with Crippen molar-refractivity contribution in [1.29, 1.82) is 0 Å². The molecule has 0 aromatic carbocycles. The highest BCUT2D eigenvalue weighted by Gasteiger charge is 2.42. The topological polar surface area (TPSA) is 105 Å². The fourth-order valence-electron chi connectivity index (χ4n) is 3.25. The molecular formula is C18H22N4O4S. The summed E-state index contributed by atoms with van der Waals surface area (Å²) in [6, 6.07) is 0. The molecule has 27 heavy (non-hydrogen) atoms. The highest BCUT2D eigenvalue weighted by molar-refractivity contribution is 7.17. The number of carboxylic acid groups (broad SMARTS) is 1. The van der Waals surface area contributed by atoms with Crippen LogP contribution in [0.15, 0.2) is 4.79 Å². The van der Waals surface area contributed by atoms with Gasteiger partial charge in [0.2, 0.25) is 0 Å². The Bertz CT molecular complexity index is 1010. The van der Waals surface area contributed by atoms with Gasteiger partial charge >= 0.3 is 5.97 Å². The molecule has 1 saturated heterocycles. The van der Waals surface area contributed by atoms with Gasteiger partial charge < -0.3 is 10.0 Å². The third-order valence-corrected chi connectivity index (χ3v) is 6.37. The maximum Gasteiger partial charge on any atom is 0.311 e. The van der Waals surface area contributed by atoms with Crippen molar-refractivity contribution >= 4 is 23.2 Å². The highest BCUT2D eigenvalue weighted by atomic mass is 32.1. The summed E-state index contributed by atoms with van der Waals surface area (Å²) in [5, 5.41) is 14.0. The average Bonchev–Trinajstić information content (AvgIpc) is 3.17. The Morgan fingerprint density at radius 2 is 1.89 bits per heavy atom. The minimum Gasteiger partial charge on any atom is -0.481 e. The third-order valence-electron chi connectivity index (χ3n) is 5.21. The van der Waals surface area contributed by atoms with E-state index < -0.39 is 11.4 Å². The summed E-state index contributed by atoms with van der Waals surface area (Å²) in [5.74, 6) is -1.13. The van der Waals surface area contributed by atoms with Crippen LogP contribution in [0.4, 0.5) is 0 Å². The van der Waals surface area contributed by atoms with Crippen LogP contribution in [0.3, 0.4) is 0 Å². The van der Waals surface area contributed by atoms with E-state index in [1.165, 1.54) is 16.0 Å². The molecule has 1 fully saturated rings. The van der Waals surface area contributed by atoms with E-state index in [1.807, 2.05) is 13.8 Å². The molecule has 3 heterocycles. The fourth-order valence-corrected chi connectivity index (χ4v) is 4.38. The van der Waals surface area contributed by atoms with Crippen LogP contribution in [0.2, 0.25) is 0 Å². The normalized spacial score (nSPS) is 19.5. The van der Waals surface area contributed by atoms with Gasteiger partial charge in [-0.25, -0.2) is 9.67 Å². The van der Waals surface area contributed by atoms with Gasteiger partial charge in [-0.15, -0.1) is 11.3 Å². The number of hydrogen-bond donors (Lipinski definition) is 1. The molecule has 1 unspecified atom stereocenters. The van der Waals surface area contributed by atoms with E-state index in [0.29, 0.717) is 34.1 Å². The molecule has 8 nitrogen and oxygen atoms in total. The molecule has 0 spiro atoms. The molecule has 1 aliphatic rings. The molecule has 0 radical (unpaired) electrons. The zero-order valence-electron chi connectivity index (χ0n) is 16.0. The first-order valence-corrected chi connectivity index (χ1v) is 9.42. The number of aliphatic carboxylic acids is 1. The summed E-state index contributed by atoms with van der Waals surface area (Å²) in [6.45, 7) is 7.58. The smallest absolute Gasteiger partial charge is 0.311 e. The summed E-state index contributed by atoms with van der Waals surface area (Å²) < 4.78 is 1.27. The van der Waals surface area contributed by atoms with Crippen LogP contribution in [0.1, 0.15) is 40.0 Å². The fraction of sp³-hybridized carbons (Fsp3) is 0.500. The number of carboxylic acids is 1. The van der Waals surface area contributed by atoms with E-state index in [0.717, 1.165) is 11.3 Å². The zero-order valence-corrected chi connectivity index (χ0v) is 16.8. The van der Waals surface area contributed by atoms with E-state index in [-0.39, 0.29) is 18.0 Å². The van der Waals surface area contributed by atoms with Gasteiger partial charge in [-0.1, -0.05) is 0 Å². The molecule has 1 amide bonds. The van der Waals surface area contributed by atoms with E-state index >= 15 is 0 Å². The molecule has 0 saturated carbocycles. The summed E-state index contributed by atoms with van der Waals surface area (Å²) >= 11 is 1.17. The summed E-state index contributed by atoms with van der Waals surface area (Å²) in [5.41, 5.74) is 1.28. The van der Waals surface area contributed by atoms with E-state index in [9.17, 15) is 19.5 Å². The largest absolute Gasteiger partial charge is 0.481 e. The van der Waals surface area contributed by atoms with Gasteiger partial charge in [0.05, 0.1) is 22.4 Å². The van der Waals surface area contributed by atoms with Crippen molar-refractivity contribution in [2.75, 3.05) is 13.1 Å². The second-order valence-corrected chi connectivity index (χ2v) is 8.29. The molecule has 3 rings (SSSR count). The lowest BCUT2D eigenvalue weighted by atomic mass is 9.90. The van der Waals surface area contributed by atoms with Crippen molar-refractivity contribution in [2.24, 2.45) is 12.5 Å². The number of carbonyl (C=O) groups excluding carboxylic acids is 1. The lowest BCUT2D eigenvalue weighted by molar-refractivity contribution is -0.147. The Hall–Kier alpha value is -2.55. The van der Waals surface area contributed by atoms with Crippen molar-refractivity contribution < 1.29 is 14.7 Å². The minimum absolute atomic E-state index is 0.170. The maximum atomic E-state index is 12.9. The van der Waals surface area contributed by atoms with Gasteiger partial charge in [0.15, 0.2) is 0 Å². The number of rotatable bonds is 3. The number of amides is 1. The maximum absolute atomic E-state index is 12.9. The van der Waals surface area contributed by atoms with Gasteiger partial charge in [-0.2, -0.15) is 5.10 Å². The van der Waals surface area contributed by atoms with Crippen molar-refractivity contribution in [3.05, 3.63) is 32.2 Å². The van der Waals surface area contributed by atoms with Crippen LogP contribution < -0.4 is 5.56 Å². The van der Waals surface area contributed by atoms with Crippen LogP contribution in [0, 0.1) is 26.2 Å². The van der Waals surface area contributed by atoms with E-state index in [2.05, 4.69) is 10.1 Å². The monoisotopic (exact) mass is 390 g/mol. The van der Waals surface area contributed by atoms with Gasteiger partial charge in [-0.3, -0.25) is 14.4 Å². The van der Waals surface area contributed by atoms with Crippen LogP contribution in [-0.2, 0) is 11.8 Å². The van der Waals surface area contributed by atoms with Crippen molar-refractivity contribution in [1.82, 2.24) is 19.7 Å². The van der Waals surface area contributed by atoms with Crippen LogP contribution in [0.5, 0.6) is 0 Å². The lowest BCUT2D eigenvalue weighted by Gasteiger charge is -2.19. The minimum atomic E-state index is -0.925. The van der Waals surface area contributed by atoms with Crippen LogP contribution in [-0.4, -0.2) is 49.7 Å². The first-order chi connectivity index (χ1) is 12.5. The Labute approximate surface area is 160 Å². The van der Waals surface area contributed by atoms with Crippen LogP contribution in [0.25, 0.3) is 10.6 Å². The second-order valence-electron chi connectivity index (χ2n) is 7.29. The molecular weight excluding hydrogens is 368 g/mol. The van der Waals surface area contributed by atoms with E-state index in [1.54, 1.807) is 25.8 Å². The molecule has 9 heteroatoms. The number of aryl methyl sites for hydroxylation is 3. The Morgan fingerprint density at radius 1 is 1.22 bits per heavy atom. The summed E-state index contributed by atoms with van der Waals surface area (Å²) in [4.78, 5) is 43.4. The highest BCUT2D eigenvalue weighted by Crippen LogP contribution is 2.34. The average molecular weight is 390 g/mol. The number of likely N-dealkylation sites (tertiary alicyclic amines) is 1. The predicted molar refractivity (Wildman–Crippen MR) is 101 cm³/mol.